The lowest BCUT2D eigenvalue weighted by Gasteiger charge is -2.25. The number of hydrogen-bond donors (Lipinski definition) is 4. The van der Waals surface area contributed by atoms with Gasteiger partial charge in [-0.3, -0.25) is 13.9 Å². The molecule has 0 aliphatic carbocycles. The van der Waals surface area contributed by atoms with Crippen LogP contribution in [0.2, 0.25) is 0 Å². The molecule has 0 fully saturated rings. The molecule has 0 unspecified atom stereocenters. The monoisotopic (exact) mass is 357 g/mol. The van der Waals surface area contributed by atoms with E-state index in [9.17, 15) is 13.9 Å². The standard InChI is InChI=1S/C12H25NO7P2/c1-3-5-6-7-9-13(11(14)4-2)10-8-12(21(15,16)17)22(18,19)20/h4,12H,2-3,5-10H2,1H3,(H2,15,16,17)(H2,18,19,20). The molecule has 0 atom stereocenters. The highest BCUT2D eigenvalue weighted by Crippen LogP contribution is 2.61. The van der Waals surface area contributed by atoms with Crippen LogP contribution in [0.15, 0.2) is 12.7 Å². The molecule has 0 spiro atoms. The summed E-state index contributed by atoms with van der Waals surface area (Å²) in [7, 11) is -9.91. The van der Waals surface area contributed by atoms with E-state index in [4.69, 9.17) is 19.6 Å². The third-order valence-corrected chi connectivity index (χ3v) is 7.08. The Kier molecular flexibility index (Phi) is 9.39. The van der Waals surface area contributed by atoms with Gasteiger partial charge in [-0.1, -0.05) is 32.8 Å². The summed E-state index contributed by atoms with van der Waals surface area (Å²) in [5, 5.41) is -2.09. The van der Waals surface area contributed by atoms with Crippen molar-refractivity contribution in [1.29, 1.82) is 0 Å². The van der Waals surface area contributed by atoms with E-state index in [0.29, 0.717) is 13.0 Å². The zero-order valence-electron chi connectivity index (χ0n) is 12.7. The second-order valence-electron chi connectivity index (χ2n) is 5.04. The van der Waals surface area contributed by atoms with Crippen molar-refractivity contribution >= 4 is 21.1 Å². The van der Waals surface area contributed by atoms with Gasteiger partial charge in [-0.05, 0) is 18.9 Å². The molecule has 4 N–H and O–H groups in total. The first-order valence-electron chi connectivity index (χ1n) is 7.05. The molecular formula is C12H25NO7P2. The molecule has 0 rings (SSSR count). The molecule has 10 heteroatoms. The van der Waals surface area contributed by atoms with Gasteiger partial charge in [-0.25, -0.2) is 0 Å². The van der Waals surface area contributed by atoms with Gasteiger partial charge in [0.05, 0.1) is 0 Å². The lowest BCUT2D eigenvalue weighted by Crippen LogP contribution is -2.33. The molecule has 1 amide bonds. The normalized spacial score (nSPS) is 12.5. The van der Waals surface area contributed by atoms with Crippen LogP contribution in [0.1, 0.15) is 39.0 Å². The predicted octanol–water partition coefficient (Wildman–Crippen LogP) is 1.65. The van der Waals surface area contributed by atoms with Crippen molar-refractivity contribution in [3.63, 3.8) is 0 Å². The smallest absolute Gasteiger partial charge is 0.339 e. The Morgan fingerprint density at radius 2 is 1.64 bits per heavy atom. The Morgan fingerprint density at radius 1 is 1.09 bits per heavy atom. The van der Waals surface area contributed by atoms with Crippen molar-refractivity contribution in [2.24, 2.45) is 0 Å². The van der Waals surface area contributed by atoms with E-state index in [0.717, 1.165) is 25.3 Å². The van der Waals surface area contributed by atoms with Gasteiger partial charge < -0.3 is 24.5 Å². The molecule has 0 saturated heterocycles. The lowest BCUT2D eigenvalue weighted by atomic mass is 10.2. The van der Waals surface area contributed by atoms with Crippen LogP contribution >= 0.6 is 15.2 Å². The lowest BCUT2D eigenvalue weighted by molar-refractivity contribution is -0.126. The Balaban J connectivity index is 4.78. The van der Waals surface area contributed by atoms with Gasteiger partial charge in [0.1, 0.15) is 0 Å². The molecular weight excluding hydrogens is 332 g/mol. The first-order chi connectivity index (χ1) is 10.0. The van der Waals surface area contributed by atoms with Crippen molar-refractivity contribution in [3.05, 3.63) is 12.7 Å². The van der Waals surface area contributed by atoms with E-state index >= 15 is 0 Å². The second kappa shape index (κ2) is 9.60. The summed E-state index contributed by atoms with van der Waals surface area (Å²) in [4.78, 5) is 49.3. The van der Waals surface area contributed by atoms with Crippen LogP contribution in [0.3, 0.4) is 0 Å². The van der Waals surface area contributed by atoms with Gasteiger partial charge in [0.15, 0.2) is 5.40 Å². The van der Waals surface area contributed by atoms with E-state index in [1.807, 2.05) is 6.92 Å². The number of unbranched alkanes of at least 4 members (excludes halogenated alkanes) is 3. The summed E-state index contributed by atoms with van der Waals surface area (Å²) in [5.41, 5.74) is 0. The summed E-state index contributed by atoms with van der Waals surface area (Å²) in [6.07, 6.45) is 4.24. The predicted molar refractivity (Wildman–Crippen MR) is 83.4 cm³/mol. The van der Waals surface area contributed by atoms with E-state index in [2.05, 4.69) is 6.58 Å². The molecule has 0 aromatic rings. The summed E-state index contributed by atoms with van der Waals surface area (Å²) in [6, 6.07) is 0. The number of hydrogen-bond acceptors (Lipinski definition) is 3. The highest BCUT2D eigenvalue weighted by molar-refractivity contribution is 7.70. The maximum Gasteiger partial charge on any atom is 0.340 e. The van der Waals surface area contributed by atoms with Gasteiger partial charge in [-0.2, -0.15) is 0 Å². The molecule has 0 saturated carbocycles. The molecule has 0 radical (unpaired) electrons. The number of rotatable bonds is 11. The molecule has 0 aromatic heterocycles. The zero-order valence-corrected chi connectivity index (χ0v) is 14.5. The topological polar surface area (TPSA) is 135 Å². The summed E-state index contributed by atoms with van der Waals surface area (Å²) < 4.78 is 22.4. The van der Waals surface area contributed by atoms with E-state index in [1.165, 1.54) is 4.90 Å². The first-order valence-corrected chi connectivity index (χ1v) is 10.4. The van der Waals surface area contributed by atoms with Crippen LogP contribution in [-0.2, 0) is 13.9 Å². The molecule has 0 aliphatic heterocycles. The number of carbonyl (C=O) groups is 1. The SMILES string of the molecule is C=CC(=O)N(CCCCCC)CCC(P(=O)(O)O)P(=O)(O)O. The van der Waals surface area contributed by atoms with Crippen LogP contribution < -0.4 is 0 Å². The minimum atomic E-state index is -4.96. The Hall–Kier alpha value is -0.490. The van der Waals surface area contributed by atoms with Gasteiger partial charge in [0.25, 0.3) is 0 Å². The van der Waals surface area contributed by atoms with Crippen molar-refractivity contribution in [3.8, 4) is 0 Å². The van der Waals surface area contributed by atoms with E-state index in [1.54, 1.807) is 0 Å². The third kappa shape index (κ3) is 8.22. The van der Waals surface area contributed by atoms with E-state index < -0.39 is 32.9 Å². The largest absolute Gasteiger partial charge is 0.340 e. The quantitative estimate of drug-likeness (QED) is 0.251. The second-order valence-corrected chi connectivity index (χ2v) is 9.05. The average molecular weight is 357 g/mol. The van der Waals surface area contributed by atoms with Crippen LogP contribution in [0.4, 0.5) is 0 Å². The number of amides is 1. The van der Waals surface area contributed by atoms with Gasteiger partial charge in [0, 0.05) is 13.1 Å². The molecule has 0 aromatic carbocycles. The Bertz CT molecular complexity index is 434. The van der Waals surface area contributed by atoms with Gasteiger partial charge in [-0.15, -0.1) is 0 Å². The van der Waals surface area contributed by atoms with Gasteiger partial charge >= 0.3 is 15.2 Å². The molecule has 0 heterocycles. The van der Waals surface area contributed by atoms with Crippen molar-refractivity contribution < 1.29 is 33.5 Å². The molecule has 22 heavy (non-hydrogen) atoms. The van der Waals surface area contributed by atoms with Crippen LogP contribution in [0.25, 0.3) is 0 Å². The van der Waals surface area contributed by atoms with Gasteiger partial charge in [0.2, 0.25) is 5.91 Å². The highest BCUT2D eigenvalue weighted by atomic mass is 31.2. The van der Waals surface area contributed by atoms with Crippen LogP contribution in [0.5, 0.6) is 0 Å². The highest BCUT2D eigenvalue weighted by Gasteiger charge is 2.43. The Labute approximate surface area is 130 Å². The summed E-state index contributed by atoms with van der Waals surface area (Å²) in [5.74, 6) is -0.424. The van der Waals surface area contributed by atoms with E-state index in [-0.39, 0.29) is 6.54 Å². The summed E-state index contributed by atoms with van der Waals surface area (Å²) in [6.45, 7) is 5.61. The zero-order chi connectivity index (χ0) is 17.4. The maximum absolute atomic E-state index is 11.7. The molecule has 0 bridgehead atoms. The minimum Gasteiger partial charge on any atom is -0.339 e. The number of carbonyl (C=O) groups excluding carboxylic acids is 1. The fraction of sp³-hybridized carbons (Fsp3) is 0.750. The van der Waals surface area contributed by atoms with Crippen molar-refractivity contribution in [2.45, 2.75) is 44.4 Å². The number of nitrogens with zero attached hydrogens (tertiary/aromatic N) is 1. The maximum atomic E-state index is 11.7. The van der Waals surface area contributed by atoms with Crippen LogP contribution in [-0.4, -0.2) is 48.9 Å². The third-order valence-electron chi connectivity index (χ3n) is 3.20. The fourth-order valence-corrected chi connectivity index (χ4v) is 4.47. The first kappa shape index (κ1) is 21.5. The summed E-state index contributed by atoms with van der Waals surface area (Å²) >= 11 is 0. The minimum absolute atomic E-state index is 0.141. The Morgan fingerprint density at radius 3 is 2.05 bits per heavy atom. The molecule has 0 aliphatic rings. The molecule has 8 nitrogen and oxygen atoms in total. The molecule has 130 valence electrons. The van der Waals surface area contributed by atoms with Crippen molar-refractivity contribution in [1.82, 2.24) is 4.90 Å². The van der Waals surface area contributed by atoms with Crippen molar-refractivity contribution in [2.75, 3.05) is 13.1 Å². The average Bonchev–Trinajstić information content (AvgIpc) is 2.37. The van der Waals surface area contributed by atoms with Crippen LogP contribution in [0, 0.1) is 0 Å². The fourth-order valence-electron chi connectivity index (χ4n) is 1.99.